The first-order chi connectivity index (χ1) is 10.5. The van der Waals surface area contributed by atoms with E-state index in [-0.39, 0.29) is 5.82 Å². The van der Waals surface area contributed by atoms with Crippen LogP contribution in [-0.4, -0.2) is 12.2 Å². The Morgan fingerprint density at radius 1 is 1.23 bits per heavy atom. The second kappa shape index (κ2) is 7.17. The number of para-hydroxylation sites is 1. The van der Waals surface area contributed by atoms with Crippen molar-refractivity contribution in [3.8, 4) is 0 Å². The summed E-state index contributed by atoms with van der Waals surface area (Å²) in [6.45, 7) is 3.83. The molecule has 2 amide bonds. The van der Waals surface area contributed by atoms with Gasteiger partial charge in [-0.3, -0.25) is 0 Å². The van der Waals surface area contributed by atoms with E-state index in [0.29, 0.717) is 10.0 Å². The minimum absolute atomic E-state index is 0.380. The van der Waals surface area contributed by atoms with Crippen molar-refractivity contribution in [2.24, 2.45) is 5.10 Å². The molecule has 0 fully saturated rings. The summed E-state index contributed by atoms with van der Waals surface area (Å²) in [7, 11) is 0. The molecule has 0 saturated carbocycles. The highest BCUT2D eigenvalue weighted by Crippen LogP contribution is 2.19. The molecule has 6 heteroatoms. The third-order valence-electron chi connectivity index (χ3n) is 3.04. The summed E-state index contributed by atoms with van der Waals surface area (Å²) in [6, 6.07) is 9.88. The van der Waals surface area contributed by atoms with E-state index >= 15 is 0 Å². The molecule has 2 aromatic carbocycles. The van der Waals surface area contributed by atoms with Gasteiger partial charge in [-0.1, -0.05) is 24.3 Å². The van der Waals surface area contributed by atoms with Gasteiger partial charge in [0.25, 0.3) is 0 Å². The smallest absolute Gasteiger partial charge is 0.306 e. The van der Waals surface area contributed by atoms with Crippen molar-refractivity contribution in [1.29, 1.82) is 0 Å². The average Bonchev–Trinajstić information content (AvgIpc) is 2.47. The lowest BCUT2D eigenvalue weighted by Gasteiger charge is -2.10. The van der Waals surface area contributed by atoms with E-state index in [1.54, 1.807) is 12.1 Å². The molecule has 2 N–H and O–H groups in total. The zero-order valence-corrected chi connectivity index (χ0v) is 13.7. The van der Waals surface area contributed by atoms with Crippen LogP contribution < -0.4 is 10.7 Å². The van der Waals surface area contributed by atoms with Crippen LogP contribution in [0.25, 0.3) is 0 Å². The number of amides is 2. The molecule has 0 aliphatic rings. The van der Waals surface area contributed by atoms with Gasteiger partial charge in [-0.15, -0.1) is 0 Å². The van der Waals surface area contributed by atoms with Crippen molar-refractivity contribution >= 4 is 33.9 Å². The molecule has 0 aliphatic heterocycles. The number of carbonyl (C=O) groups excluding carboxylic acids is 1. The average molecular weight is 364 g/mol. The maximum absolute atomic E-state index is 13.3. The number of aryl methyl sites for hydroxylation is 2. The van der Waals surface area contributed by atoms with Crippen LogP contribution in [0.15, 0.2) is 46.0 Å². The van der Waals surface area contributed by atoms with Crippen LogP contribution in [0.4, 0.5) is 14.9 Å². The van der Waals surface area contributed by atoms with Gasteiger partial charge in [-0.25, -0.2) is 14.6 Å². The molecule has 0 radical (unpaired) electrons. The van der Waals surface area contributed by atoms with Gasteiger partial charge in [0.2, 0.25) is 0 Å². The predicted molar refractivity (Wildman–Crippen MR) is 89.8 cm³/mol. The summed E-state index contributed by atoms with van der Waals surface area (Å²) in [4.78, 5) is 11.8. The summed E-state index contributed by atoms with van der Waals surface area (Å²) in [5.41, 5.74) is 5.59. The largest absolute Gasteiger partial charge is 0.339 e. The number of hydrogen-bond donors (Lipinski definition) is 2. The number of halogens is 2. The fourth-order valence-corrected chi connectivity index (χ4v) is 2.16. The number of hydrogen-bond acceptors (Lipinski definition) is 2. The van der Waals surface area contributed by atoms with Crippen LogP contribution in [0.3, 0.4) is 0 Å². The van der Waals surface area contributed by atoms with Crippen molar-refractivity contribution in [2.45, 2.75) is 13.8 Å². The van der Waals surface area contributed by atoms with Crippen LogP contribution in [0.2, 0.25) is 0 Å². The molecule has 0 spiro atoms. The highest BCUT2D eigenvalue weighted by atomic mass is 79.9. The second-order valence-corrected chi connectivity index (χ2v) is 5.62. The van der Waals surface area contributed by atoms with Gasteiger partial charge in [0.1, 0.15) is 5.82 Å². The molecule has 0 heterocycles. The number of hydrazone groups is 1. The third kappa shape index (κ3) is 4.14. The number of benzene rings is 2. The molecule has 0 bridgehead atoms. The summed E-state index contributed by atoms with van der Waals surface area (Å²) in [5, 5.41) is 6.54. The minimum atomic E-state index is -0.453. The quantitative estimate of drug-likeness (QED) is 0.617. The van der Waals surface area contributed by atoms with Crippen molar-refractivity contribution < 1.29 is 9.18 Å². The number of nitrogens with one attached hydrogen (secondary N) is 2. The van der Waals surface area contributed by atoms with Crippen molar-refractivity contribution in [3.05, 3.63) is 63.4 Å². The van der Waals surface area contributed by atoms with E-state index in [1.807, 2.05) is 32.0 Å². The van der Waals surface area contributed by atoms with Gasteiger partial charge < -0.3 is 5.32 Å². The molecule has 0 unspecified atom stereocenters. The highest BCUT2D eigenvalue weighted by Gasteiger charge is 2.05. The number of anilines is 1. The van der Waals surface area contributed by atoms with Gasteiger partial charge in [-0.05, 0) is 58.6 Å². The van der Waals surface area contributed by atoms with E-state index in [4.69, 9.17) is 0 Å². The summed E-state index contributed by atoms with van der Waals surface area (Å²) >= 11 is 3.07. The third-order valence-corrected chi connectivity index (χ3v) is 3.69. The first-order valence-electron chi connectivity index (χ1n) is 6.58. The Bertz CT molecular complexity index is 711. The maximum Gasteiger partial charge on any atom is 0.339 e. The first-order valence-corrected chi connectivity index (χ1v) is 7.38. The molecular weight excluding hydrogens is 349 g/mol. The van der Waals surface area contributed by atoms with Crippen molar-refractivity contribution in [2.75, 3.05) is 5.32 Å². The van der Waals surface area contributed by atoms with Gasteiger partial charge in [0, 0.05) is 5.69 Å². The molecule has 0 saturated heterocycles. The zero-order chi connectivity index (χ0) is 16.1. The summed E-state index contributed by atoms with van der Waals surface area (Å²) in [5.74, 6) is -0.385. The zero-order valence-electron chi connectivity index (χ0n) is 12.2. The minimum Gasteiger partial charge on any atom is -0.306 e. The molecule has 0 atom stereocenters. The monoisotopic (exact) mass is 363 g/mol. The van der Waals surface area contributed by atoms with Crippen LogP contribution in [0.1, 0.15) is 16.7 Å². The highest BCUT2D eigenvalue weighted by molar-refractivity contribution is 9.10. The van der Waals surface area contributed by atoms with E-state index in [9.17, 15) is 9.18 Å². The van der Waals surface area contributed by atoms with Gasteiger partial charge >= 0.3 is 6.03 Å². The fourth-order valence-electron chi connectivity index (χ4n) is 1.91. The Balaban J connectivity index is 1.98. The number of carbonyl (C=O) groups is 1. The number of urea groups is 1. The molecule has 2 rings (SSSR count). The van der Waals surface area contributed by atoms with Crippen LogP contribution in [0.5, 0.6) is 0 Å². The molecule has 2 aromatic rings. The van der Waals surface area contributed by atoms with E-state index < -0.39 is 6.03 Å². The topological polar surface area (TPSA) is 53.5 Å². The first kappa shape index (κ1) is 16.2. The summed E-state index contributed by atoms with van der Waals surface area (Å²) in [6.07, 6.45) is 1.37. The van der Waals surface area contributed by atoms with Crippen LogP contribution in [0, 0.1) is 19.7 Å². The Labute approximate surface area is 136 Å². The van der Waals surface area contributed by atoms with Gasteiger partial charge in [0.05, 0.1) is 10.7 Å². The van der Waals surface area contributed by atoms with Crippen molar-refractivity contribution in [3.63, 3.8) is 0 Å². The second-order valence-electron chi connectivity index (χ2n) is 4.76. The lowest BCUT2D eigenvalue weighted by molar-refractivity contribution is 0.252. The Morgan fingerprint density at radius 2 is 1.91 bits per heavy atom. The molecule has 22 heavy (non-hydrogen) atoms. The number of nitrogens with zero attached hydrogens (tertiary/aromatic N) is 1. The lowest BCUT2D eigenvalue weighted by atomic mass is 10.1. The van der Waals surface area contributed by atoms with E-state index in [0.717, 1.165) is 16.8 Å². The molecular formula is C16H15BrFN3O. The Morgan fingerprint density at radius 3 is 2.55 bits per heavy atom. The maximum atomic E-state index is 13.3. The number of rotatable bonds is 3. The molecule has 0 aliphatic carbocycles. The lowest BCUT2D eigenvalue weighted by Crippen LogP contribution is -2.25. The standard InChI is InChI=1S/C16H15BrFN3O/c1-10-4-3-5-11(2)15(10)20-16(22)21-19-9-12-6-7-13(17)14(18)8-12/h3-9H,1-2H3,(H2,20,21,22). The fraction of sp³-hybridized carbons (Fsp3) is 0.125. The summed E-state index contributed by atoms with van der Waals surface area (Å²) < 4.78 is 13.7. The van der Waals surface area contributed by atoms with Crippen molar-refractivity contribution in [1.82, 2.24) is 5.43 Å². The van der Waals surface area contributed by atoms with E-state index in [1.165, 1.54) is 12.3 Å². The van der Waals surface area contributed by atoms with Gasteiger partial charge in [-0.2, -0.15) is 5.10 Å². The molecule has 4 nitrogen and oxygen atoms in total. The Hall–Kier alpha value is -2.21. The molecule has 0 aromatic heterocycles. The van der Waals surface area contributed by atoms with Crippen LogP contribution in [-0.2, 0) is 0 Å². The van der Waals surface area contributed by atoms with E-state index in [2.05, 4.69) is 31.8 Å². The predicted octanol–water partition coefficient (Wildman–Crippen LogP) is 4.36. The van der Waals surface area contributed by atoms with Gasteiger partial charge in [0.15, 0.2) is 0 Å². The SMILES string of the molecule is Cc1cccc(C)c1NC(=O)NN=Cc1ccc(Br)c(F)c1. The normalized spacial score (nSPS) is 10.7. The Kier molecular flexibility index (Phi) is 5.27. The molecule has 114 valence electrons. The van der Waals surface area contributed by atoms with Crippen LogP contribution >= 0.6 is 15.9 Å².